The third kappa shape index (κ3) is 3.63. The molecule has 4 nitrogen and oxygen atoms in total. The van der Waals surface area contributed by atoms with Gasteiger partial charge in [0.05, 0.1) is 0 Å². The maximum absolute atomic E-state index is 12.7. The van der Waals surface area contributed by atoms with Gasteiger partial charge in [-0.2, -0.15) is 0 Å². The molecule has 32 heavy (non-hydrogen) atoms. The largest absolute Gasteiger partial charge is 0.352 e. The minimum atomic E-state index is 0.194. The Morgan fingerprint density at radius 3 is 2.69 bits per heavy atom. The van der Waals surface area contributed by atoms with Gasteiger partial charge in [-0.3, -0.25) is 14.7 Å². The Morgan fingerprint density at radius 1 is 1.00 bits per heavy atom. The Bertz CT molecular complexity index is 1150. The molecule has 2 aromatic carbocycles. The second-order valence-electron chi connectivity index (χ2n) is 9.80. The van der Waals surface area contributed by atoms with Crippen molar-refractivity contribution in [2.75, 3.05) is 13.1 Å². The van der Waals surface area contributed by atoms with Crippen LogP contribution in [0.2, 0.25) is 0 Å². The fourth-order valence-electron chi connectivity index (χ4n) is 5.80. The molecule has 3 aliphatic rings. The van der Waals surface area contributed by atoms with Crippen molar-refractivity contribution in [3.8, 4) is 11.1 Å². The van der Waals surface area contributed by atoms with Crippen LogP contribution in [-0.4, -0.2) is 28.9 Å². The number of carbonyl (C=O) groups is 1. The number of pyridine rings is 1. The Kier molecular flexibility index (Phi) is 4.83. The van der Waals surface area contributed by atoms with Crippen LogP contribution in [0.25, 0.3) is 11.1 Å². The predicted molar refractivity (Wildman–Crippen MR) is 126 cm³/mol. The monoisotopic (exact) mass is 423 g/mol. The van der Waals surface area contributed by atoms with Crippen molar-refractivity contribution in [3.05, 3.63) is 89.2 Å². The molecule has 162 valence electrons. The lowest BCUT2D eigenvalue weighted by atomic mass is 9.90. The smallest absolute Gasteiger partial charge is 0.223 e. The molecule has 0 radical (unpaired) electrons. The Labute approximate surface area is 189 Å². The number of hydrogen-bond acceptors (Lipinski definition) is 3. The molecule has 1 N–H and O–H groups in total. The van der Waals surface area contributed by atoms with Crippen molar-refractivity contribution in [2.45, 2.75) is 38.8 Å². The SMILES string of the molecule is O=C(NCc1cccnc1)C1CC12CCN(Cc1ccc3c(c1)Cc1ccccc1-3)CC2. The molecule has 1 aromatic heterocycles. The van der Waals surface area contributed by atoms with Crippen LogP contribution in [0.4, 0.5) is 0 Å². The van der Waals surface area contributed by atoms with Gasteiger partial charge in [0, 0.05) is 31.4 Å². The van der Waals surface area contributed by atoms with Gasteiger partial charge in [-0.15, -0.1) is 0 Å². The van der Waals surface area contributed by atoms with Crippen molar-refractivity contribution in [3.63, 3.8) is 0 Å². The normalized spacial score (nSPS) is 20.6. The number of rotatable bonds is 5. The first-order valence-electron chi connectivity index (χ1n) is 11.8. The highest BCUT2D eigenvalue weighted by Crippen LogP contribution is 2.59. The molecule has 1 atom stereocenters. The number of nitrogens with zero attached hydrogens (tertiary/aromatic N) is 2. The lowest BCUT2D eigenvalue weighted by Gasteiger charge is -2.33. The van der Waals surface area contributed by atoms with Gasteiger partial charge in [-0.25, -0.2) is 0 Å². The van der Waals surface area contributed by atoms with E-state index in [-0.39, 0.29) is 17.2 Å². The molecule has 2 fully saturated rings. The molecule has 1 unspecified atom stereocenters. The average molecular weight is 424 g/mol. The minimum Gasteiger partial charge on any atom is -0.352 e. The van der Waals surface area contributed by atoms with Crippen molar-refractivity contribution in [1.29, 1.82) is 0 Å². The summed E-state index contributed by atoms with van der Waals surface area (Å²) in [4.78, 5) is 19.4. The fourth-order valence-corrected chi connectivity index (χ4v) is 5.80. The Balaban J connectivity index is 1.02. The molecule has 2 aliphatic carbocycles. The quantitative estimate of drug-likeness (QED) is 0.511. The third-order valence-electron chi connectivity index (χ3n) is 7.81. The van der Waals surface area contributed by atoms with Gasteiger partial charge < -0.3 is 5.32 Å². The van der Waals surface area contributed by atoms with Gasteiger partial charge >= 0.3 is 0 Å². The van der Waals surface area contributed by atoms with E-state index in [1.165, 1.54) is 27.8 Å². The molecule has 1 amide bonds. The van der Waals surface area contributed by atoms with Gasteiger partial charge in [-0.1, -0.05) is 48.5 Å². The number of amides is 1. The Hall–Kier alpha value is -2.98. The molecule has 0 bridgehead atoms. The van der Waals surface area contributed by atoms with Gasteiger partial charge in [0.2, 0.25) is 5.91 Å². The summed E-state index contributed by atoms with van der Waals surface area (Å²) < 4.78 is 0. The van der Waals surface area contributed by atoms with Crippen molar-refractivity contribution < 1.29 is 4.79 Å². The van der Waals surface area contributed by atoms with E-state index in [0.29, 0.717) is 6.54 Å². The van der Waals surface area contributed by atoms with Crippen LogP contribution < -0.4 is 5.32 Å². The van der Waals surface area contributed by atoms with Crippen molar-refractivity contribution in [2.24, 2.45) is 11.3 Å². The van der Waals surface area contributed by atoms with E-state index < -0.39 is 0 Å². The number of fused-ring (bicyclic) bond motifs is 3. The number of benzene rings is 2. The van der Waals surface area contributed by atoms with Crippen LogP contribution >= 0.6 is 0 Å². The summed E-state index contributed by atoms with van der Waals surface area (Å²) in [5.41, 5.74) is 8.42. The standard InChI is InChI=1S/C28H29N3O/c32-27(30-18-21-4-3-11-29-17-21)26-16-28(26)9-12-31(13-10-28)19-20-7-8-25-23(14-20)15-22-5-1-2-6-24(22)25/h1-8,11,14,17,26H,9-10,12-13,15-16,18-19H2,(H,30,32). The fraction of sp³-hybridized carbons (Fsp3) is 0.357. The summed E-state index contributed by atoms with van der Waals surface area (Å²) in [7, 11) is 0. The van der Waals surface area contributed by atoms with E-state index >= 15 is 0 Å². The molecule has 2 heterocycles. The first kappa shape index (κ1) is 19.7. The van der Waals surface area contributed by atoms with Crippen LogP contribution in [0.5, 0.6) is 0 Å². The first-order chi connectivity index (χ1) is 15.7. The summed E-state index contributed by atoms with van der Waals surface area (Å²) in [5.74, 6) is 0.417. The molecule has 4 heteroatoms. The van der Waals surface area contributed by atoms with Crippen LogP contribution in [-0.2, 0) is 24.3 Å². The van der Waals surface area contributed by atoms with Gasteiger partial charge in [0.1, 0.15) is 0 Å². The lowest BCUT2D eigenvalue weighted by Crippen LogP contribution is -2.36. The third-order valence-corrected chi connectivity index (χ3v) is 7.81. The molecule has 1 saturated carbocycles. The molecule has 6 rings (SSSR count). The Morgan fingerprint density at radius 2 is 1.84 bits per heavy atom. The topological polar surface area (TPSA) is 45.2 Å². The van der Waals surface area contributed by atoms with Gasteiger partial charge in [-0.05, 0) is 83.6 Å². The molecular formula is C28H29N3O. The molecule has 3 aromatic rings. The summed E-state index contributed by atoms with van der Waals surface area (Å²) in [6.45, 7) is 3.76. The summed E-state index contributed by atoms with van der Waals surface area (Å²) >= 11 is 0. The van der Waals surface area contributed by atoms with E-state index in [9.17, 15) is 4.79 Å². The highest BCUT2D eigenvalue weighted by Gasteiger charge is 2.58. The first-order valence-corrected chi connectivity index (χ1v) is 11.8. The van der Waals surface area contributed by atoms with Gasteiger partial charge in [0.25, 0.3) is 0 Å². The average Bonchev–Trinajstić information content (AvgIpc) is 3.41. The maximum atomic E-state index is 12.7. The molecule has 1 aliphatic heterocycles. The molecule has 1 spiro atoms. The van der Waals surface area contributed by atoms with Crippen molar-refractivity contribution in [1.82, 2.24) is 15.2 Å². The number of nitrogens with one attached hydrogen (secondary N) is 1. The summed E-state index contributed by atoms with van der Waals surface area (Å²) in [5, 5.41) is 3.12. The highest BCUT2D eigenvalue weighted by atomic mass is 16.2. The predicted octanol–water partition coefficient (Wildman–Crippen LogP) is 4.57. The van der Waals surface area contributed by atoms with E-state index in [4.69, 9.17) is 0 Å². The highest BCUT2D eigenvalue weighted by molar-refractivity contribution is 5.82. The second-order valence-corrected chi connectivity index (χ2v) is 9.80. The number of likely N-dealkylation sites (tertiary alicyclic amines) is 1. The zero-order chi connectivity index (χ0) is 21.5. The number of hydrogen-bond donors (Lipinski definition) is 1. The van der Waals surface area contributed by atoms with Crippen LogP contribution in [0.1, 0.15) is 41.5 Å². The lowest BCUT2D eigenvalue weighted by molar-refractivity contribution is -0.123. The van der Waals surface area contributed by atoms with Crippen LogP contribution in [0.3, 0.4) is 0 Å². The second kappa shape index (κ2) is 7.86. The van der Waals surface area contributed by atoms with Crippen LogP contribution in [0, 0.1) is 11.3 Å². The summed E-state index contributed by atoms with van der Waals surface area (Å²) in [6.07, 6.45) is 7.95. The van der Waals surface area contributed by atoms with Gasteiger partial charge in [0.15, 0.2) is 0 Å². The van der Waals surface area contributed by atoms with E-state index in [0.717, 1.165) is 50.9 Å². The van der Waals surface area contributed by atoms with Crippen LogP contribution in [0.15, 0.2) is 67.0 Å². The number of aromatic nitrogens is 1. The maximum Gasteiger partial charge on any atom is 0.223 e. The zero-order valence-electron chi connectivity index (χ0n) is 18.4. The van der Waals surface area contributed by atoms with E-state index in [1.807, 2.05) is 18.3 Å². The zero-order valence-corrected chi connectivity index (χ0v) is 18.4. The minimum absolute atomic E-state index is 0.194. The van der Waals surface area contributed by atoms with Crippen molar-refractivity contribution >= 4 is 5.91 Å². The van der Waals surface area contributed by atoms with E-state index in [1.54, 1.807) is 6.20 Å². The molecule has 1 saturated heterocycles. The molecular weight excluding hydrogens is 394 g/mol. The summed E-state index contributed by atoms with van der Waals surface area (Å²) in [6, 6.07) is 19.7. The van der Waals surface area contributed by atoms with E-state index in [2.05, 4.69) is 57.7 Å². The number of piperidine rings is 1. The number of carbonyl (C=O) groups excluding carboxylic acids is 1.